The van der Waals surface area contributed by atoms with Crippen LogP contribution >= 0.6 is 11.6 Å². The number of halogens is 1. The van der Waals surface area contributed by atoms with Crippen LogP contribution in [0.2, 0.25) is 5.02 Å². The molecule has 0 saturated carbocycles. The molecule has 164 valence electrons. The quantitative estimate of drug-likeness (QED) is 0.317. The molecule has 6 rings (SSSR count). The second-order valence-electron chi connectivity index (χ2n) is 7.71. The minimum Gasteiger partial charge on any atom is -0.282 e. The molecule has 0 atom stereocenters. The fourth-order valence-electron chi connectivity index (χ4n) is 3.98. The monoisotopic (exact) mass is 476 g/mol. The maximum atomic E-state index is 12.9. The fourth-order valence-corrected chi connectivity index (χ4v) is 4.62. The fraction of sp³-hybridized carbons (Fsp3) is 0.0400. The molecule has 0 spiro atoms. The van der Waals surface area contributed by atoms with Gasteiger partial charge in [-0.05, 0) is 48.7 Å². The number of rotatable bonds is 1. The Balaban J connectivity index is 0.000000177. The summed E-state index contributed by atoms with van der Waals surface area (Å²) in [6, 6.07) is 23.2. The topological polar surface area (TPSA) is 88.7 Å². The van der Waals surface area contributed by atoms with Crippen molar-refractivity contribution in [2.24, 2.45) is 0 Å². The Morgan fingerprint density at radius 3 is 2.24 bits per heavy atom. The van der Waals surface area contributed by atoms with E-state index in [1.807, 2.05) is 49.4 Å². The van der Waals surface area contributed by atoms with Gasteiger partial charge >= 0.3 is 0 Å². The molecule has 6 aromatic rings. The zero-order chi connectivity index (χ0) is 23.3. The molecular formula is C25H17ClN2O4S. The van der Waals surface area contributed by atoms with Gasteiger partial charge in [-0.15, -0.1) is 0 Å². The number of imidazole rings is 1. The largest absolute Gasteiger partial charge is 0.294 e. The van der Waals surface area contributed by atoms with Crippen molar-refractivity contribution in [1.82, 2.24) is 9.38 Å². The number of benzene rings is 4. The van der Waals surface area contributed by atoms with Crippen molar-refractivity contribution in [1.29, 1.82) is 0 Å². The van der Waals surface area contributed by atoms with Crippen LogP contribution in [0.5, 0.6) is 0 Å². The van der Waals surface area contributed by atoms with Gasteiger partial charge in [-0.2, -0.15) is 8.42 Å². The third kappa shape index (κ3) is 3.70. The highest BCUT2D eigenvalue weighted by Gasteiger charge is 2.15. The van der Waals surface area contributed by atoms with Crippen LogP contribution in [-0.4, -0.2) is 22.4 Å². The Morgan fingerprint density at radius 1 is 0.909 bits per heavy atom. The number of hydrogen-bond acceptors (Lipinski definition) is 4. The number of aryl methyl sites for hydroxylation is 1. The molecule has 1 N–H and O–H groups in total. The van der Waals surface area contributed by atoms with Crippen LogP contribution < -0.4 is 5.56 Å². The summed E-state index contributed by atoms with van der Waals surface area (Å²) < 4.78 is 31.2. The molecule has 6 nitrogen and oxygen atoms in total. The Hall–Kier alpha value is -3.52. The molecular weight excluding hydrogens is 460 g/mol. The lowest BCUT2D eigenvalue weighted by molar-refractivity contribution is 0.483. The van der Waals surface area contributed by atoms with Gasteiger partial charge in [0.15, 0.2) is 0 Å². The zero-order valence-electron chi connectivity index (χ0n) is 17.4. The lowest BCUT2D eigenvalue weighted by atomic mass is 10.0. The van der Waals surface area contributed by atoms with Gasteiger partial charge in [-0.1, -0.05) is 59.6 Å². The normalized spacial score (nSPS) is 11.8. The van der Waals surface area contributed by atoms with Crippen molar-refractivity contribution in [3.05, 3.63) is 99.8 Å². The Morgan fingerprint density at radius 2 is 1.58 bits per heavy atom. The van der Waals surface area contributed by atoms with Gasteiger partial charge in [0.25, 0.3) is 15.7 Å². The van der Waals surface area contributed by atoms with Gasteiger partial charge in [0, 0.05) is 21.2 Å². The summed E-state index contributed by atoms with van der Waals surface area (Å²) in [5, 5.41) is 4.35. The number of fused-ring (bicyclic) bond motifs is 4. The maximum absolute atomic E-state index is 12.9. The highest BCUT2D eigenvalue weighted by atomic mass is 35.5. The standard InChI is InChI=1S/C18H9ClN2O.C7H8O3S/c19-11-7-8-15-14(9-11)20-17-12-5-1-3-10-4-2-6-13(16(10)12)18(22)21(15)17;1-6-2-4-7(5-3-6)11(8,9)10/h1-9H;2-5H,1H3,(H,8,9,10). The third-order valence-corrected chi connectivity index (χ3v) is 6.62. The molecule has 4 aromatic carbocycles. The molecule has 8 heteroatoms. The van der Waals surface area contributed by atoms with Crippen LogP contribution in [0.3, 0.4) is 0 Å². The average Bonchev–Trinajstić information content (AvgIpc) is 3.16. The van der Waals surface area contributed by atoms with E-state index in [9.17, 15) is 13.2 Å². The molecule has 0 unspecified atom stereocenters. The first-order valence-electron chi connectivity index (χ1n) is 10.0. The van der Waals surface area contributed by atoms with Crippen molar-refractivity contribution in [3.8, 4) is 0 Å². The molecule has 0 aliphatic rings. The van der Waals surface area contributed by atoms with Gasteiger partial charge in [0.1, 0.15) is 5.65 Å². The van der Waals surface area contributed by atoms with E-state index in [0.717, 1.165) is 38.1 Å². The third-order valence-electron chi connectivity index (χ3n) is 5.51. The van der Waals surface area contributed by atoms with Crippen LogP contribution in [0.25, 0.3) is 38.2 Å². The second kappa shape index (κ2) is 7.81. The molecule has 0 fully saturated rings. The number of hydrogen-bond donors (Lipinski definition) is 1. The SMILES string of the molecule is Cc1ccc(S(=O)(=O)O)cc1.O=c1c2cccc3cccc(c32)c2nc3cc(Cl)ccc3n12. The summed E-state index contributed by atoms with van der Waals surface area (Å²) >= 11 is 6.05. The van der Waals surface area contributed by atoms with Crippen molar-refractivity contribution >= 4 is 59.9 Å². The van der Waals surface area contributed by atoms with Gasteiger partial charge in [0.05, 0.1) is 15.9 Å². The first-order valence-corrected chi connectivity index (χ1v) is 11.8. The molecule has 0 saturated heterocycles. The average molecular weight is 477 g/mol. The van der Waals surface area contributed by atoms with E-state index >= 15 is 0 Å². The number of nitrogens with zero attached hydrogens (tertiary/aromatic N) is 2. The van der Waals surface area contributed by atoms with Gasteiger partial charge in [-0.25, -0.2) is 4.98 Å². The molecule has 0 amide bonds. The molecule has 0 bridgehead atoms. The number of pyridine rings is 1. The summed E-state index contributed by atoms with van der Waals surface area (Å²) in [7, 11) is -4.02. The summed E-state index contributed by atoms with van der Waals surface area (Å²) in [6.07, 6.45) is 0. The molecule has 0 aliphatic carbocycles. The molecule has 2 heterocycles. The van der Waals surface area contributed by atoms with Crippen LogP contribution in [0.4, 0.5) is 0 Å². The predicted octanol–water partition coefficient (Wildman–Crippen LogP) is 5.49. The van der Waals surface area contributed by atoms with Crippen LogP contribution in [0, 0.1) is 6.92 Å². The molecule has 33 heavy (non-hydrogen) atoms. The van der Waals surface area contributed by atoms with E-state index in [0.29, 0.717) is 10.7 Å². The first-order chi connectivity index (χ1) is 15.7. The molecule has 0 aliphatic heterocycles. The van der Waals surface area contributed by atoms with Crippen LogP contribution in [0.15, 0.2) is 88.6 Å². The smallest absolute Gasteiger partial charge is 0.282 e. The van der Waals surface area contributed by atoms with E-state index in [1.54, 1.807) is 28.7 Å². The van der Waals surface area contributed by atoms with E-state index < -0.39 is 10.1 Å². The summed E-state index contributed by atoms with van der Waals surface area (Å²) in [5.74, 6) is 0. The van der Waals surface area contributed by atoms with Crippen LogP contribution in [0.1, 0.15) is 5.56 Å². The number of aromatic nitrogens is 2. The Labute approximate surface area is 193 Å². The predicted molar refractivity (Wildman–Crippen MR) is 131 cm³/mol. The lowest BCUT2D eigenvalue weighted by Crippen LogP contribution is -2.13. The summed E-state index contributed by atoms with van der Waals surface area (Å²) in [4.78, 5) is 17.5. The highest BCUT2D eigenvalue weighted by molar-refractivity contribution is 7.85. The zero-order valence-corrected chi connectivity index (χ0v) is 18.9. The first kappa shape index (κ1) is 21.3. The second-order valence-corrected chi connectivity index (χ2v) is 9.56. The van der Waals surface area contributed by atoms with Gasteiger partial charge in [-0.3, -0.25) is 13.7 Å². The van der Waals surface area contributed by atoms with Gasteiger partial charge < -0.3 is 0 Å². The van der Waals surface area contributed by atoms with Crippen LogP contribution in [-0.2, 0) is 10.1 Å². The summed E-state index contributed by atoms with van der Waals surface area (Å²) in [5.41, 5.74) is 3.13. The van der Waals surface area contributed by atoms with E-state index in [2.05, 4.69) is 4.98 Å². The van der Waals surface area contributed by atoms with Crippen molar-refractivity contribution in [2.45, 2.75) is 11.8 Å². The highest BCUT2D eigenvalue weighted by Crippen LogP contribution is 2.29. The van der Waals surface area contributed by atoms with E-state index in [4.69, 9.17) is 16.2 Å². The Kier molecular flexibility index (Phi) is 5.05. The van der Waals surface area contributed by atoms with Crippen molar-refractivity contribution in [3.63, 3.8) is 0 Å². The molecule has 0 radical (unpaired) electrons. The Bertz CT molecular complexity index is 1820. The minimum atomic E-state index is -4.02. The van der Waals surface area contributed by atoms with E-state index in [1.165, 1.54) is 12.1 Å². The maximum Gasteiger partial charge on any atom is 0.294 e. The van der Waals surface area contributed by atoms with Crippen molar-refractivity contribution in [2.75, 3.05) is 0 Å². The van der Waals surface area contributed by atoms with Crippen molar-refractivity contribution < 1.29 is 13.0 Å². The lowest BCUT2D eigenvalue weighted by Gasteiger charge is -2.06. The van der Waals surface area contributed by atoms with Gasteiger partial charge in [0.2, 0.25) is 0 Å². The minimum absolute atomic E-state index is 0.0378. The summed E-state index contributed by atoms with van der Waals surface area (Å²) in [6.45, 7) is 1.84. The van der Waals surface area contributed by atoms with E-state index in [-0.39, 0.29) is 10.5 Å². The molecule has 2 aromatic heterocycles.